The van der Waals surface area contributed by atoms with Gasteiger partial charge in [-0.3, -0.25) is 0 Å². The summed E-state index contributed by atoms with van der Waals surface area (Å²) in [4.78, 5) is 5.22. The van der Waals surface area contributed by atoms with Gasteiger partial charge in [-0.1, -0.05) is 114 Å². The first-order valence-electron chi connectivity index (χ1n) is 13.7. The molecule has 0 saturated heterocycles. The number of para-hydroxylation sites is 2. The molecule has 40 heavy (non-hydrogen) atoms. The molecule has 0 bridgehead atoms. The van der Waals surface area contributed by atoms with Crippen LogP contribution in [0.3, 0.4) is 0 Å². The van der Waals surface area contributed by atoms with E-state index < -0.39 is 0 Å². The molecule has 7 aromatic rings. The van der Waals surface area contributed by atoms with Gasteiger partial charge in [0.25, 0.3) is 0 Å². The fourth-order valence-corrected chi connectivity index (χ4v) is 9.09. The Labute approximate surface area is 241 Å². The van der Waals surface area contributed by atoms with E-state index in [2.05, 4.69) is 138 Å². The van der Waals surface area contributed by atoms with Crippen LogP contribution in [0.15, 0.2) is 143 Å². The average molecular weight is 544 g/mol. The van der Waals surface area contributed by atoms with E-state index in [4.69, 9.17) is 0 Å². The molecule has 6 aromatic carbocycles. The molecule has 0 atom stereocenters. The van der Waals surface area contributed by atoms with Crippen LogP contribution in [0, 0.1) is 0 Å². The molecular weight excluding hydrogens is 521 g/mol. The monoisotopic (exact) mass is 543 g/mol. The van der Waals surface area contributed by atoms with Crippen LogP contribution in [0.5, 0.6) is 0 Å². The summed E-state index contributed by atoms with van der Waals surface area (Å²) in [7, 11) is 0. The second-order valence-corrected chi connectivity index (χ2v) is 12.6. The number of hydrogen-bond acceptors (Lipinski definition) is 3. The molecule has 186 valence electrons. The average Bonchev–Trinajstić information content (AvgIpc) is 3.40. The van der Waals surface area contributed by atoms with E-state index in [0.717, 1.165) is 0 Å². The van der Waals surface area contributed by atoms with Gasteiger partial charge in [0, 0.05) is 52.5 Å². The molecule has 0 N–H and O–H groups in total. The third-order valence-electron chi connectivity index (χ3n) is 8.35. The Balaban J connectivity index is 1.33. The van der Waals surface area contributed by atoms with Gasteiger partial charge in [0.2, 0.25) is 6.71 Å². The van der Waals surface area contributed by atoms with Gasteiger partial charge in [-0.05, 0) is 47.3 Å². The Hall–Kier alpha value is -4.25. The first kappa shape index (κ1) is 22.6. The lowest BCUT2D eigenvalue weighted by molar-refractivity contribution is 1.27. The summed E-state index contributed by atoms with van der Waals surface area (Å²) in [6.45, 7) is 0.231. The molecule has 3 heterocycles. The van der Waals surface area contributed by atoms with Crippen LogP contribution < -0.4 is 21.3 Å². The van der Waals surface area contributed by atoms with E-state index in [1.54, 1.807) is 0 Å². The molecule has 0 spiro atoms. The van der Waals surface area contributed by atoms with Gasteiger partial charge in [0.1, 0.15) is 0 Å². The highest BCUT2D eigenvalue weighted by Gasteiger charge is 2.40. The normalized spacial score (nSPS) is 13.3. The van der Waals surface area contributed by atoms with Crippen LogP contribution in [0.1, 0.15) is 0 Å². The van der Waals surface area contributed by atoms with Crippen molar-refractivity contribution in [3.05, 3.63) is 133 Å². The second kappa shape index (κ2) is 8.63. The van der Waals surface area contributed by atoms with Crippen molar-refractivity contribution in [1.82, 2.24) is 0 Å². The van der Waals surface area contributed by atoms with Crippen molar-refractivity contribution < 1.29 is 0 Å². The molecule has 1 aromatic heterocycles. The van der Waals surface area contributed by atoms with E-state index in [1.807, 2.05) is 23.1 Å². The quantitative estimate of drug-likeness (QED) is 0.201. The van der Waals surface area contributed by atoms with Crippen molar-refractivity contribution in [2.75, 3.05) is 4.90 Å². The highest BCUT2D eigenvalue weighted by atomic mass is 32.2. The minimum Gasteiger partial charge on any atom is -0.311 e. The van der Waals surface area contributed by atoms with Crippen LogP contribution in [0.25, 0.3) is 31.3 Å². The summed E-state index contributed by atoms with van der Waals surface area (Å²) in [6.07, 6.45) is 0. The molecule has 9 rings (SSSR count). The minimum atomic E-state index is 0.231. The zero-order valence-corrected chi connectivity index (χ0v) is 23.2. The fourth-order valence-electron chi connectivity index (χ4n) is 6.70. The zero-order valence-electron chi connectivity index (χ0n) is 21.5. The summed E-state index contributed by atoms with van der Waals surface area (Å²) in [5, 5.41) is 2.66. The molecule has 1 nitrogen and oxygen atoms in total. The van der Waals surface area contributed by atoms with Crippen molar-refractivity contribution in [2.45, 2.75) is 9.79 Å². The van der Waals surface area contributed by atoms with E-state index in [1.165, 1.54) is 74.5 Å². The Kier molecular flexibility index (Phi) is 4.86. The van der Waals surface area contributed by atoms with Gasteiger partial charge in [0.05, 0.1) is 5.69 Å². The Morgan fingerprint density at radius 3 is 2.08 bits per heavy atom. The molecule has 2 aliphatic heterocycles. The van der Waals surface area contributed by atoms with Crippen molar-refractivity contribution >= 4 is 83.4 Å². The predicted octanol–water partition coefficient (Wildman–Crippen LogP) is 8.49. The highest BCUT2D eigenvalue weighted by Crippen LogP contribution is 2.47. The zero-order chi connectivity index (χ0) is 26.2. The van der Waals surface area contributed by atoms with Crippen LogP contribution >= 0.6 is 23.1 Å². The number of hydrogen-bond donors (Lipinski definition) is 0. The van der Waals surface area contributed by atoms with Gasteiger partial charge in [-0.15, -0.1) is 11.3 Å². The maximum Gasteiger partial charge on any atom is 0.249 e. The van der Waals surface area contributed by atoms with E-state index >= 15 is 0 Å². The van der Waals surface area contributed by atoms with E-state index in [0.29, 0.717) is 0 Å². The lowest BCUT2D eigenvalue weighted by atomic mass is 9.35. The number of anilines is 3. The second-order valence-electron chi connectivity index (χ2n) is 10.5. The third-order valence-corrected chi connectivity index (χ3v) is 10.7. The molecule has 2 aliphatic rings. The van der Waals surface area contributed by atoms with Crippen LogP contribution in [-0.2, 0) is 0 Å². The van der Waals surface area contributed by atoms with Crippen LogP contribution in [-0.4, -0.2) is 6.71 Å². The van der Waals surface area contributed by atoms with Crippen LogP contribution in [0.2, 0.25) is 0 Å². The highest BCUT2D eigenvalue weighted by molar-refractivity contribution is 8.00. The van der Waals surface area contributed by atoms with Crippen LogP contribution in [0.4, 0.5) is 17.1 Å². The first-order valence-corrected chi connectivity index (χ1v) is 15.3. The molecule has 0 saturated carbocycles. The summed E-state index contributed by atoms with van der Waals surface area (Å²) >= 11 is 3.80. The molecular formula is C36H22BNS2. The number of benzene rings is 6. The Morgan fingerprint density at radius 1 is 0.475 bits per heavy atom. The number of nitrogens with zero attached hydrogens (tertiary/aromatic N) is 1. The summed E-state index contributed by atoms with van der Waals surface area (Å²) in [6, 6.07) is 49.2. The summed E-state index contributed by atoms with van der Waals surface area (Å²) < 4.78 is 2.68. The van der Waals surface area contributed by atoms with Gasteiger partial charge in [-0.25, -0.2) is 0 Å². The maximum atomic E-state index is 2.51. The standard InChI is InChI=1S/C36H22BNS2/c1-5-17-29(23(11-1)25-13-9-14-26-24-12-2-7-20-32(24)40-36(25)26)38-30-18-6-3-15-27(30)37-28-16-4-8-21-33(28)39-34-22-10-19-31(38)35(34)37/h1-22H. The molecule has 4 heteroatoms. The van der Waals surface area contributed by atoms with Gasteiger partial charge in [-0.2, -0.15) is 0 Å². The molecule has 0 radical (unpaired) electrons. The smallest absolute Gasteiger partial charge is 0.249 e. The molecule has 0 unspecified atom stereocenters. The topological polar surface area (TPSA) is 3.24 Å². The van der Waals surface area contributed by atoms with Crippen molar-refractivity contribution in [3.8, 4) is 11.1 Å². The lowest BCUT2D eigenvalue weighted by Crippen LogP contribution is -2.59. The SMILES string of the molecule is c1ccc2c(c1)Sc1cccc3c1B2c1ccccc1N3c1ccccc1-c1cccc2c1sc1ccccc12. The lowest BCUT2D eigenvalue weighted by Gasteiger charge is -2.40. The summed E-state index contributed by atoms with van der Waals surface area (Å²) in [5.74, 6) is 0. The largest absolute Gasteiger partial charge is 0.311 e. The first-order chi connectivity index (χ1) is 19.9. The molecule has 0 amide bonds. The van der Waals surface area contributed by atoms with Crippen molar-refractivity contribution in [3.63, 3.8) is 0 Å². The number of fused-ring (bicyclic) bond motifs is 7. The van der Waals surface area contributed by atoms with Gasteiger partial charge >= 0.3 is 0 Å². The molecule has 0 aliphatic carbocycles. The van der Waals surface area contributed by atoms with Crippen molar-refractivity contribution in [1.29, 1.82) is 0 Å². The van der Waals surface area contributed by atoms with Gasteiger partial charge in [0.15, 0.2) is 0 Å². The fraction of sp³-hybridized carbons (Fsp3) is 0. The third kappa shape index (κ3) is 3.12. The molecule has 0 fully saturated rings. The summed E-state index contributed by atoms with van der Waals surface area (Å²) in [5.41, 5.74) is 10.5. The van der Waals surface area contributed by atoms with Crippen molar-refractivity contribution in [2.24, 2.45) is 0 Å². The minimum absolute atomic E-state index is 0.231. The van der Waals surface area contributed by atoms with Gasteiger partial charge < -0.3 is 4.90 Å². The predicted molar refractivity (Wildman–Crippen MR) is 175 cm³/mol. The Morgan fingerprint density at radius 2 is 1.12 bits per heavy atom. The van der Waals surface area contributed by atoms with E-state index in [9.17, 15) is 0 Å². The number of rotatable bonds is 2. The van der Waals surface area contributed by atoms with E-state index in [-0.39, 0.29) is 6.71 Å². The Bertz CT molecular complexity index is 2130. The number of thiophene rings is 1. The maximum absolute atomic E-state index is 2.51.